The minimum absolute atomic E-state index is 0.141. The first-order valence-corrected chi connectivity index (χ1v) is 12.3. The molecule has 0 heterocycles. The Morgan fingerprint density at radius 1 is 1.13 bits per heavy atom. The molecule has 0 aliphatic heterocycles. The Labute approximate surface area is 224 Å². The van der Waals surface area contributed by atoms with E-state index in [0.29, 0.717) is 23.4 Å². The molecule has 2 rings (SSSR count). The van der Waals surface area contributed by atoms with Gasteiger partial charge in [0.25, 0.3) is 11.8 Å². The Balaban J connectivity index is 2.52. The van der Waals surface area contributed by atoms with Gasteiger partial charge in [-0.3, -0.25) is 14.5 Å². The SMILES string of the molecule is C#CN(C(=O)C(NC(=O)OC(C)(C)C)C(C)CC)C(C(=O)Nc1ccc(OC)cc1)c1cccc(C)c1O. The smallest absolute Gasteiger partial charge is 0.408 e. The number of para-hydroxylation sites is 1. The fourth-order valence-corrected chi connectivity index (χ4v) is 3.72. The van der Waals surface area contributed by atoms with Crippen LogP contribution in [-0.2, 0) is 14.3 Å². The number of carbonyl (C=O) groups is 3. The van der Waals surface area contributed by atoms with Crippen LogP contribution in [-0.4, -0.2) is 46.7 Å². The Hall–Kier alpha value is -4.19. The number of ether oxygens (including phenoxy) is 2. The van der Waals surface area contributed by atoms with Crippen molar-refractivity contribution >= 4 is 23.6 Å². The molecule has 2 aromatic rings. The zero-order valence-electron chi connectivity index (χ0n) is 23.0. The van der Waals surface area contributed by atoms with Crippen LogP contribution in [0.15, 0.2) is 42.5 Å². The van der Waals surface area contributed by atoms with Gasteiger partial charge in [-0.25, -0.2) is 4.79 Å². The number of anilines is 1. The van der Waals surface area contributed by atoms with Gasteiger partial charge in [0.2, 0.25) is 0 Å². The quantitative estimate of drug-likeness (QED) is 0.323. The van der Waals surface area contributed by atoms with E-state index < -0.39 is 35.6 Å². The van der Waals surface area contributed by atoms with E-state index in [1.54, 1.807) is 71.0 Å². The van der Waals surface area contributed by atoms with Gasteiger partial charge in [-0.15, -0.1) is 0 Å². The Morgan fingerprint density at radius 2 is 1.76 bits per heavy atom. The van der Waals surface area contributed by atoms with Crippen molar-refractivity contribution in [1.29, 1.82) is 0 Å². The second-order valence-electron chi connectivity index (χ2n) is 9.98. The average Bonchev–Trinajstić information content (AvgIpc) is 2.86. The van der Waals surface area contributed by atoms with Crippen molar-refractivity contribution in [1.82, 2.24) is 10.2 Å². The molecule has 0 bridgehead atoms. The summed E-state index contributed by atoms with van der Waals surface area (Å²) in [7, 11) is 1.53. The largest absolute Gasteiger partial charge is 0.507 e. The van der Waals surface area contributed by atoms with E-state index in [1.807, 2.05) is 6.92 Å². The molecule has 0 radical (unpaired) electrons. The predicted molar refractivity (Wildman–Crippen MR) is 146 cm³/mol. The number of aromatic hydroxyl groups is 1. The summed E-state index contributed by atoms with van der Waals surface area (Å²) in [4.78, 5) is 41.0. The van der Waals surface area contributed by atoms with Crippen molar-refractivity contribution in [3.8, 4) is 24.0 Å². The monoisotopic (exact) mass is 523 g/mol. The number of terminal acetylenes is 1. The fourth-order valence-electron chi connectivity index (χ4n) is 3.72. The summed E-state index contributed by atoms with van der Waals surface area (Å²) in [5, 5.41) is 16.2. The number of aryl methyl sites for hydroxylation is 1. The zero-order chi connectivity index (χ0) is 28.6. The number of alkyl carbamates (subject to hydrolysis) is 1. The molecule has 3 atom stereocenters. The lowest BCUT2D eigenvalue weighted by atomic mass is 9.95. The molecule has 9 nitrogen and oxygen atoms in total. The van der Waals surface area contributed by atoms with Crippen LogP contribution in [0.1, 0.15) is 58.2 Å². The molecule has 0 aromatic heterocycles. The van der Waals surface area contributed by atoms with Crippen LogP contribution >= 0.6 is 0 Å². The summed E-state index contributed by atoms with van der Waals surface area (Å²) in [5.41, 5.74) is 0.289. The van der Waals surface area contributed by atoms with Crippen molar-refractivity contribution in [2.75, 3.05) is 12.4 Å². The summed E-state index contributed by atoms with van der Waals surface area (Å²) in [6, 6.07) is 11.3. The number of phenols is 1. The lowest BCUT2D eigenvalue weighted by molar-refractivity contribution is -0.137. The summed E-state index contributed by atoms with van der Waals surface area (Å²) < 4.78 is 10.5. The third kappa shape index (κ3) is 7.65. The van der Waals surface area contributed by atoms with Crippen LogP contribution in [0, 0.1) is 25.3 Å². The molecule has 38 heavy (non-hydrogen) atoms. The van der Waals surface area contributed by atoms with Crippen LogP contribution in [0.4, 0.5) is 10.5 Å². The maximum Gasteiger partial charge on any atom is 0.408 e. The summed E-state index contributed by atoms with van der Waals surface area (Å²) in [6.07, 6.45) is 5.56. The van der Waals surface area contributed by atoms with Gasteiger partial charge in [0.1, 0.15) is 23.1 Å². The molecule has 0 saturated heterocycles. The topological polar surface area (TPSA) is 117 Å². The maximum absolute atomic E-state index is 13.9. The number of hydrogen-bond acceptors (Lipinski definition) is 6. The molecule has 204 valence electrons. The van der Waals surface area contributed by atoms with Crippen LogP contribution < -0.4 is 15.4 Å². The number of amides is 3. The van der Waals surface area contributed by atoms with Gasteiger partial charge in [-0.05, 0) is 63.4 Å². The minimum Gasteiger partial charge on any atom is -0.507 e. The molecule has 0 saturated carbocycles. The number of rotatable bonds is 9. The number of methoxy groups -OCH3 is 1. The molecule has 0 aliphatic carbocycles. The van der Waals surface area contributed by atoms with E-state index in [1.165, 1.54) is 13.2 Å². The highest BCUT2D eigenvalue weighted by Gasteiger charge is 2.39. The van der Waals surface area contributed by atoms with Gasteiger partial charge in [0.05, 0.1) is 7.11 Å². The fraction of sp³-hybridized carbons (Fsp3) is 0.414. The third-order valence-corrected chi connectivity index (χ3v) is 5.96. The number of carbonyl (C=O) groups excluding carboxylic acids is 3. The van der Waals surface area contributed by atoms with Crippen molar-refractivity contribution in [3.05, 3.63) is 53.6 Å². The second kappa shape index (κ2) is 12.9. The molecule has 0 fully saturated rings. The van der Waals surface area contributed by atoms with Gasteiger partial charge in [-0.2, -0.15) is 0 Å². The molecular formula is C29H37N3O6. The lowest BCUT2D eigenvalue weighted by Crippen LogP contribution is -2.53. The first-order chi connectivity index (χ1) is 17.8. The van der Waals surface area contributed by atoms with Crippen molar-refractivity contribution < 1.29 is 29.0 Å². The molecule has 3 amide bonds. The number of nitrogens with one attached hydrogen (secondary N) is 2. The van der Waals surface area contributed by atoms with Crippen molar-refractivity contribution in [2.45, 2.75) is 65.6 Å². The molecule has 9 heteroatoms. The van der Waals surface area contributed by atoms with Gasteiger partial charge >= 0.3 is 6.09 Å². The zero-order valence-corrected chi connectivity index (χ0v) is 23.0. The van der Waals surface area contributed by atoms with Crippen molar-refractivity contribution in [3.63, 3.8) is 0 Å². The first kappa shape index (κ1) is 30.0. The van der Waals surface area contributed by atoms with E-state index in [9.17, 15) is 19.5 Å². The third-order valence-electron chi connectivity index (χ3n) is 5.96. The summed E-state index contributed by atoms with van der Waals surface area (Å²) >= 11 is 0. The van der Waals surface area contributed by atoms with E-state index in [0.717, 1.165) is 4.90 Å². The van der Waals surface area contributed by atoms with E-state index in [2.05, 4.69) is 16.7 Å². The Bertz CT molecular complexity index is 1180. The molecule has 2 aromatic carbocycles. The van der Waals surface area contributed by atoms with Gasteiger partial charge in [0, 0.05) is 17.3 Å². The second-order valence-corrected chi connectivity index (χ2v) is 9.98. The van der Waals surface area contributed by atoms with Gasteiger partial charge in [0.15, 0.2) is 6.04 Å². The number of nitrogens with zero attached hydrogens (tertiary/aromatic N) is 1. The number of benzene rings is 2. The van der Waals surface area contributed by atoms with Gasteiger partial charge < -0.3 is 25.2 Å². The highest BCUT2D eigenvalue weighted by atomic mass is 16.6. The van der Waals surface area contributed by atoms with E-state index in [4.69, 9.17) is 15.9 Å². The predicted octanol–water partition coefficient (Wildman–Crippen LogP) is 4.75. The van der Waals surface area contributed by atoms with Crippen LogP contribution in [0.3, 0.4) is 0 Å². The van der Waals surface area contributed by atoms with E-state index in [-0.39, 0.29) is 17.2 Å². The normalized spacial score (nSPS) is 13.3. The van der Waals surface area contributed by atoms with E-state index >= 15 is 0 Å². The Kier molecular flexibility index (Phi) is 10.2. The molecule has 0 aliphatic rings. The molecular weight excluding hydrogens is 486 g/mol. The van der Waals surface area contributed by atoms with Gasteiger partial charge in [-0.1, -0.05) is 44.9 Å². The highest BCUT2D eigenvalue weighted by Crippen LogP contribution is 2.33. The molecule has 3 unspecified atom stereocenters. The first-order valence-electron chi connectivity index (χ1n) is 12.3. The van der Waals surface area contributed by atoms with Crippen molar-refractivity contribution in [2.24, 2.45) is 5.92 Å². The van der Waals surface area contributed by atoms with Crippen LogP contribution in [0.2, 0.25) is 0 Å². The van der Waals surface area contributed by atoms with Crippen LogP contribution in [0.5, 0.6) is 11.5 Å². The van der Waals surface area contributed by atoms with Crippen LogP contribution in [0.25, 0.3) is 0 Å². The number of phenolic OH excluding ortho intramolecular Hbond substituents is 1. The number of hydrogen-bond donors (Lipinski definition) is 3. The Morgan fingerprint density at radius 3 is 2.29 bits per heavy atom. The minimum atomic E-state index is -1.40. The lowest BCUT2D eigenvalue weighted by Gasteiger charge is -2.32. The highest BCUT2D eigenvalue weighted by molar-refractivity contribution is 6.00. The molecule has 0 spiro atoms. The summed E-state index contributed by atoms with van der Waals surface area (Å²) in [6.45, 7) is 10.4. The summed E-state index contributed by atoms with van der Waals surface area (Å²) in [5.74, 6) is -1.26. The standard InChI is InChI=1S/C29H37N3O6/c1-9-18(3)23(31-28(36)38-29(5,6)7)27(35)32(10-2)24(22-13-11-12-19(4)25(22)33)26(34)30-20-14-16-21(37-8)17-15-20/h2,11-18,23-24,33H,9H2,1,3-8H3,(H,30,34)(H,31,36). The maximum atomic E-state index is 13.9. The average molecular weight is 524 g/mol. The molecule has 3 N–H and O–H groups in total.